The van der Waals surface area contributed by atoms with Crippen molar-refractivity contribution in [1.82, 2.24) is 0 Å². The van der Waals surface area contributed by atoms with Gasteiger partial charge in [-0.1, -0.05) is 18.2 Å². The predicted octanol–water partition coefficient (Wildman–Crippen LogP) is 3.48. The molecule has 1 unspecified atom stereocenters. The monoisotopic (exact) mass is 281 g/mol. The van der Waals surface area contributed by atoms with Gasteiger partial charge in [0.25, 0.3) is 5.91 Å². The number of amides is 1. The van der Waals surface area contributed by atoms with Crippen LogP contribution < -0.4 is 5.32 Å². The zero-order chi connectivity index (χ0) is 14.8. The number of anilines is 1. The van der Waals surface area contributed by atoms with Gasteiger partial charge in [-0.25, -0.2) is 0 Å². The lowest BCUT2D eigenvalue weighted by molar-refractivity contribution is 0.102. The number of carbonyl (C=O) groups is 1. The molecule has 0 saturated heterocycles. The fourth-order valence-electron chi connectivity index (χ4n) is 2.79. The smallest absolute Gasteiger partial charge is 0.255 e. The average molecular weight is 281 g/mol. The number of aliphatic hydroxyl groups is 1. The lowest BCUT2D eigenvalue weighted by Gasteiger charge is -2.10. The third-order valence-corrected chi connectivity index (χ3v) is 3.99. The molecule has 3 rings (SSSR count). The topological polar surface area (TPSA) is 49.3 Å². The first kappa shape index (κ1) is 13.8. The van der Waals surface area contributed by atoms with Crippen molar-refractivity contribution in [2.45, 2.75) is 32.3 Å². The van der Waals surface area contributed by atoms with E-state index in [2.05, 4.69) is 11.4 Å². The van der Waals surface area contributed by atoms with Crippen molar-refractivity contribution in [3.63, 3.8) is 0 Å². The van der Waals surface area contributed by atoms with Crippen molar-refractivity contribution in [1.29, 1.82) is 0 Å². The van der Waals surface area contributed by atoms with Crippen LogP contribution in [0.2, 0.25) is 0 Å². The van der Waals surface area contributed by atoms with Crippen molar-refractivity contribution in [2.75, 3.05) is 5.32 Å². The maximum atomic E-state index is 12.3. The fourth-order valence-corrected chi connectivity index (χ4v) is 2.79. The van der Waals surface area contributed by atoms with Crippen molar-refractivity contribution in [3.05, 3.63) is 64.7 Å². The summed E-state index contributed by atoms with van der Waals surface area (Å²) >= 11 is 0. The summed E-state index contributed by atoms with van der Waals surface area (Å²) in [5.41, 5.74) is 4.85. The van der Waals surface area contributed by atoms with E-state index in [0.717, 1.165) is 18.4 Å². The van der Waals surface area contributed by atoms with E-state index in [-0.39, 0.29) is 5.91 Å². The highest BCUT2D eigenvalue weighted by Crippen LogP contribution is 2.23. The van der Waals surface area contributed by atoms with Gasteiger partial charge in [0.2, 0.25) is 0 Å². The third-order valence-electron chi connectivity index (χ3n) is 3.99. The molecule has 108 valence electrons. The van der Waals surface area contributed by atoms with Gasteiger partial charge < -0.3 is 10.4 Å². The summed E-state index contributed by atoms with van der Waals surface area (Å²) in [6, 6.07) is 13.3. The van der Waals surface area contributed by atoms with Crippen LogP contribution >= 0.6 is 0 Å². The van der Waals surface area contributed by atoms with E-state index in [1.165, 1.54) is 17.5 Å². The van der Waals surface area contributed by atoms with Gasteiger partial charge in [0.1, 0.15) is 0 Å². The second-order valence-corrected chi connectivity index (χ2v) is 5.59. The molecular weight excluding hydrogens is 262 g/mol. The summed E-state index contributed by atoms with van der Waals surface area (Å²) in [5, 5.41) is 12.5. The molecule has 1 aliphatic carbocycles. The number of benzene rings is 2. The Morgan fingerprint density at radius 3 is 2.76 bits per heavy atom. The van der Waals surface area contributed by atoms with Crippen LogP contribution in [-0.2, 0) is 12.8 Å². The molecule has 0 aromatic heterocycles. The summed E-state index contributed by atoms with van der Waals surface area (Å²) < 4.78 is 0. The van der Waals surface area contributed by atoms with E-state index < -0.39 is 6.10 Å². The molecule has 0 fully saturated rings. The van der Waals surface area contributed by atoms with Gasteiger partial charge >= 0.3 is 0 Å². The Hall–Kier alpha value is -2.13. The standard InChI is InChI=1S/C18H19NO2/c1-12(20)14-5-3-7-17(11-14)19-18(21)16-9-8-13-4-2-6-15(13)10-16/h3,5,7-12,20H,2,4,6H2,1H3,(H,19,21). The van der Waals surface area contributed by atoms with Gasteiger partial charge in [-0.15, -0.1) is 0 Å². The van der Waals surface area contributed by atoms with Crippen LogP contribution in [0.5, 0.6) is 0 Å². The zero-order valence-corrected chi connectivity index (χ0v) is 12.1. The Balaban J connectivity index is 1.78. The van der Waals surface area contributed by atoms with Gasteiger partial charge in [0, 0.05) is 11.3 Å². The first-order valence-corrected chi connectivity index (χ1v) is 7.34. The molecule has 1 aliphatic rings. The Morgan fingerprint density at radius 1 is 1.14 bits per heavy atom. The minimum absolute atomic E-state index is 0.104. The number of hydrogen-bond donors (Lipinski definition) is 2. The van der Waals surface area contributed by atoms with E-state index in [9.17, 15) is 9.90 Å². The number of carbonyl (C=O) groups excluding carboxylic acids is 1. The second-order valence-electron chi connectivity index (χ2n) is 5.59. The SMILES string of the molecule is CC(O)c1cccc(NC(=O)c2ccc3c(c2)CCC3)c1. The molecule has 0 heterocycles. The Morgan fingerprint density at radius 2 is 1.95 bits per heavy atom. The minimum atomic E-state index is -0.540. The van der Waals surface area contributed by atoms with Crippen LogP contribution in [0, 0.1) is 0 Å². The first-order chi connectivity index (χ1) is 10.1. The molecule has 0 bridgehead atoms. The van der Waals surface area contributed by atoms with E-state index in [0.29, 0.717) is 11.3 Å². The predicted molar refractivity (Wildman–Crippen MR) is 83.5 cm³/mol. The van der Waals surface area contributed by atoms with Crippen LogP contribution in [0.3, 0.4) is 0 Å². The molecule has 3 nitrogen and oxygen atoms in total. The van der Waals surface area contributed by atoms with Crippen LogP contribution in [0.25, 0.3) is 0 Å². The summed E-state index contributed by atoms with van der Waals surface area (Å²) in [4.78, 5) is 12.3. The van der Waals surface area contributed by atoms with E-state index in [1.807, 2.05) is 30.3 Å². The van der Waals surface area contributed by atoms with Gasteiger partial charge in [0.15, 0.2) is 0 Å². The van der Waals surface area contributed by atoms with Crippen LogP contribution in [-0.4, -0.2) is 11.0 Å². The van der Waals surface area contributed by atoms with Crippen molar-refractivity contribution >= 4 is 11.6 Å². The van der Waals surface area contributed by atoms with Gasteiger partial charge in [-0.3, -0.25) is 4.79 Å². The molecule has 3 heteroatoms. The van der Waals surface area contributed by atoms with Gasteiger partial charge in [-0.05, 0) is 67.1 Å². The number of rotatable bonds is 3. The Kier molecular flexibility index (Phi) is 3.76. The van der Waals surface area contributed by atoms with E-state index in [1.54, 1.807) is 13.0 Å². The summed E-state index contributed by atoms with van der Waals surface area (Å²) in [5.74, 6) is -0.104. The normalized spacial score (nSPS) is 14.6. The summed E-state index contributed by atoms with van der Waals surface area (Å²) in [7, 11) is 0. The third kappa shape index (κ3) is 2.98. The first-order valence-electron chi connectivity index (χ1n) is 7.34. The highest BCUT2D eigenvalue weighted by molar-refractivity contribution is 6.04. The quantitative estimate of drug-likeness (QED) is 0.905. The molecule has 2 aromatic carbocycles. The van der Waals surface area contributed by atoms with Crippen LogP contribution in [0.1, 0.15) is 46.5 Å². The molecular formula is C18H19NO2. The maximum Gasteiger partial charge on any atom is 0.255 e. The number of aliphatic hydroxyl groups excluding tert-OH is 1. The highest BCUT2D eigenvalue weighted by Gasteiger charge is 2.14. The van der Waals surface area contributed by atoms with Crippen molar-refractivity contribution in [3.8, 4) is 0 Å². The largest absolute Gasteiger partial charge is 0.389 e. The van der Waals surface area contributed by atoms with Gasteiger partial charge in [0.05, 0.1) is 6.10 Å². The summed E-state index contributed by atoms with van der Waals surface area (Å²) in [6.45, 7) is 1.71. The Labute approximate surface area is 124 Å². The fraction of sp³-hybridized carbons (Fsp3) is 0.278. The Bertz CT molecular complexity index is 677. The number of fused-ring (bicyclic) bond motifs is 1. The molecule has 0 aliphatic heterocycles. The number of aryl methyl sites for hydroxylation is 2. The molecule has 1 atom stereocenters. The lowest BCUT2D eigenvalue weighted by Crippen LogP contribution is -2.12. The molecule has 21 heavy (non-hydrogen) atoms. The van der Waals surface area contributed by atoms with E-state index in [4.69, 9.17) is 0 Å². The average Bonchev–Trinajstić information content (AvgIpc) is 2.94. The molecule has 1 amide bonds. The molecule has 2 aromatic rings. The highest BCUT2D eigenvalue weighted by atomic mass is 16.3. The number of nitrogens with one attached hydrogen (secondary N) is 1. The van der Waals surface area contributed by atoms with Crippen LogP contribution in [0.15, 0.2) is 42.5 Å². The molecule has 0 saturated carbocycles. The zero-order valence-electron chi connectivity index (χ0n) is 12.1. The lowest BCUT2D eigenvalue weighted by atomic mass is 10.1. The minimum Gasteiger partial charge on any atom is -0.389 e. The van der Waals surface area contributed by atoms with E-state index >= 15 is 0 Å². The maximum absolute atomic E-state index is 12.3. The summed E-state index contributed by atoms with van der Waals surface area (Å²) in [6.07, 6.45) is 2.82. The van der Waals surface area contributed by atoms with Crippen LogP contribution in [0.4, 0.5) is 5.69 Å². The van der Waals surface area contributed by atoms with Crippen molar-refractivity contribution in [2.24, 2.45) is 0 Å². The molecule has 0 radical (unpaired) electrons. The second kappa shape index (κ2) is 5.70. The number of hydrogen-bond acceptors (Lipinski definition) is 2. The molecule has 2 N–H and O–H groups in total. The molecule has 0 spiro atoms. The van der Waals surface area contributed by atoms with Gasteiger partial charge in [-0.2, -0.15) is 0 Å². The van der Waals surface area contributed by atoms with Crippen molar-refractivity contribution < 1.29 is 9.90 Å².